The lowest BCUT2D eigenvalue weighted by Gasteiger charge is -2.33. The van der Waals surface area contributed by atoms with E-state index in [9.17, 15) is 22.8 Å². The summed E-state index contributed by atoms with van der Waals surface area (Å²) < 4.78 is 32.2. The molecule has 2 aromatic heterocycles. The van der Waals surface area contributed by atoms with Gasteiger partial charge in [0.25, 0.3) is 5.91 Å². The fourth-order valence-corrected chi connectivity index (χ4v) is 5.56. The number of fused-ring (bicyclic) bond motifs is 1. The number of hydrogen-bond acceptors (Lipinski definition) is 8. The normalized spacial score (nSPS) is 13.7. The zero-order chi connectivity index (χ0) is 33.5. The summed E-state index contributed by atoms with van der Waals surface area (Å²) in [6, 6.07) is 17.9. The van der Waals surface area contributed by atoms with Crippen LogP contribution in [0.3, 0.4) is 0 Å². The molecule has 5 rings (SSSR count). The molecule has 0 atom stereocenters. The molecule has 2 amide bonds. The summed E-state index contributed by atoms with van der Waals surface area (Å²) in [6.07, 6.45) is 7.26. The number of amides is 2. The molecule has 0 bridgehead atoms. The van der Waals surface area contributed by atoms with E-state index in [1.165, 1.54) is 29.8 Å². The number of rotatable bonds is 6. The van der Waals surface area contributed by atoms with Gasteiger partial charge >= 0.3 is 6.09 Å². The molecular formula is C33H40N6O6S. The largest absolute Gasteiger partial charge is 0.443 e. The monoisotopic (exact) mass is 648 g/mol. The molecule has 0 radical (unpaired) electrons. The van der Waals surface area contributed by atoms with Gasteiger partial charge in [0.15, 0.2) is 0 Å². The van der Waals surface area contributed by atoms with Crippen LogP contribution in [0.5, 0.6) is 0 Å². The van der Waals surface area contributed by atoms with Crippen LogP contribution < -0.4 is 20.3 Å². The van der Waals surface area contributed by atoms with Gasteiger partial charge in [-0.15, -0.1) is 0 Å². The number of piperidine rings is 1. The standard InChI is InChI=1S/C20H25N5O4S.C13H15NO2/c1-21-20(27)17-4-3-15(24-30(2,28)29)13-18(17)23-19(26)14-7-11-25(12-8-14)16-5-9-22-10-6-16;1-13(2,3)16-12(15)14-9-8-10-6-4-5-7-11(10)14/h3-6,9-10,13-14,24H,7-8,11-12H2,1-2H3,(H,21,27)(H,23,26);4-9H,1-3H3. The minimum absolute atomic E-state index is 0.189. The zero-order valence-corrected chi connectivity index (χ0v) is 27.4. The maximum atomic E-state index is 12.9. The molecule has 0 unspecified atom stereocenters. The second-order valence-corrected chi connectivity index (χ2v) is 13.6. The Morgan fingerprint density at radius 3 is 2.26 bits per heavy atom. The zero-order valence-electron chi connectivity index (χ0n) is 26.6. The van der Waals surface area contributed by atoms with Gasteiger partial charge in [0.1, 0.15) is 5.60 Å². The molecule has 46 heavy (non-hydrogen) atoms. The number of ether oxygens (including phenoxy) is 1. The lowest BCUT2D eigenvalue weighted by molar-refractivity contribution is -0.120. The van der Waals surface area contributed by atoms with Gasteiger partial charge in [0, 0.05) is 55.7 Å². The van der Waals surface area contributed by atoms with E-state index in [1.54, 1.807) is 18.6 Å². The first kappa shape index (κ1) is 34.0. The van der Waals surface area contributed by atoms with Gasteiger partial charge in [-0.1, -0.05) is 18.2 Å². The van der Waals surface area contributed by atoms with Crippen LogP contribution in [-0.4, -0.2) is 67.9 Å². The fraction of sp³-hybridized carbons (Fsp3) is 0.333. The van der Waals surface area contributed by atoms with Crippen molar-refractivity contribution in [3.05, 3.63) is 84.8 Å². The average Bonchev–Trinajstić information content (AvgIpc) is 3.45. The Labute approximate surface area is 269 Å². The van der Waals surface area contributed by atoms with Crippen LogP contribution in [0, 0.1) is 5.92 Å². The van der Waals surface area contributed by atoms with Crippen LogP contribution in [0.4, 0.5) is 21.9 Å². The summed E-state index contributed by atoms with van der Waals surface area (Å²) in [5.74, 6) is -0.762. The Bertz CT molecular complexity index is 1790. The molecule has 3 heterocycles. The number of nitrogens with zero attached hydrogens (tertiary/aromatic N) is 3. The lowest BCUT2D eigenvalue weighted by atomic mass is 9.95. The summed E-state index contributed by atoms with van der Waals surface area (Å²) in [6.45, 7) is 7.05. The number of hydrogen-bond donors (Lipinski definition) is 3. The maximum absolute atomic E-state index is 12.9. The number of sulfonamides is 1. The molecule has 1 saturated heterocycles. The second-order valence-electron chi connectivity index (χ2n) is 11.9. The molecule has 1 aliphatic rings. The number of aromatic nitrogens is 2. The van der Waals surface area contributed by atoms with Crippen LogP contribution in [-0.2, 0) is 19.6 Å². The Balaban J connectivity index is 0.000000252. The number of benzene rings is 2. The van der Waals surface area contributed by atoms with E-state index in [0.717, 1.165) is 35.9 Å². The highest BCUT2D eigenvalue weighted by Crippen LogP contribution is 2.27. The minimum Gasteiger partial charge on any atom is -0.443 e. The fourth-order valence-electron chi connectivity index (χ4n) is 5.00. The van der Waals surface area contributed by atoms with Crippen LogP contribution in [0.2, 0.25) is 0 Å². The number of para-hydroxylation sites is 1. The van der Waals surface area contributed by atoms with Crippen LogP contribution in [0.15, 0.2) is 79.3 Å². The average molecular weight is 649 g/mol. The maximum Gasteiger partial charge on any atom is 0.418 e. The summed E-state index contributed by atoms with van der Waals surface area (Å²) >= 11 is 0. The predicted molar refractivity (Wildman–Crippen MR) is 180 cm³/mol. The van der Waals surface area contributed by atoms with Crippen LogP contribution in [0.1, 0.15) is 44.0 Å². The number of carbonyl (C=O) groups is 3. The molecule has 1 aliphatic heterocycles. The first-order chi connectivity index (χ1) is 21.7. The molecule has 2 aromatic carbocycles. The molecule has 244 valence electrons. The van der Waals surface area contributed by atoms with Gasteiger partial charge in [-0.2, -0.15) is 0 Å². The highest BCUT2D eigenvalue weighted by molar-refractivity contribution is 7.92. The molecule has 0 saturated carbocycles. The molecule has 13 heteroatoms. The molecule has 3 N–H and O–H groups in total. The Hall–Kier alpha value is -4.91. The second kappa shape index (κ2) is 14.5. The third-order valence-electron chi connectivity index (χ3n) is 7.14. The summed E-state index contributed by atoms with van der Waals surface area (Å²) in [5, 5.41) is 6.37. The minimum atomic E-state index is -3.49. The number of pyridine rings is 1. The van der Waals surface area contributed by atoms with E-state index in [2.05, 4.69) is 25.2 Å². The van der Waals surface area contributed by atoms with Crippen molar-refractivity contribution < 1.29 is 27.5 Å². The van der Waals surface area contributed by atoms with Crippen molar-refractivity contribution >= 4 is 55.9 Å². The smallest absolute Gasteiger partial charge is 0.418 e. The van der Waals surface area contributed by atoms with E-state index in [0.29, 0.717) is 12.8 Å². The SMILES string of the molecule is CC(C)(C)OC(=O)n1ccc2ccccc21.CNC(=O)c1ccc(NS(C)(=O)=O)cc1NC(=O)C1CCN(c2ccncc2)CC1. The molecular weight excluding hydrogens is 608 g/mol. The third kappa shape index (κ3) is 9.30. The van der Waals surface area contributed by atoms with E-state index in [4.69, 9.17) is 4.74 Å². The van der Waals surface area contributed by atoms with Crippen LogP contribution >= 0.6 is 0 Å². The summed E-state index contributed by atoms with van der Waals surface area (Å²) in [5.41, 5.74) is 2.28. The first-order valence-corrected chi connectivity index (χ1v) is 16.7. The molecule has 4 aromatic rings. The molecule has 0 aliphatic carbocycles. The van der Waals surface area contributed by atoms with Crippen molar-refractivity contribution in [3.63, 3.8) is 0 Å². The molecule has 0 spiro atoms. The molecule has 12 nitrogen and oxygen atoms in total. The van der Waals surface area contributed by atoms with Crippen molar-refractivity contribution in [2.75, 3.05) is 41.3 Å². The van der Waals surface area contributed by atoms with E-state index in [-0.39, 0.29) is 40.8 Å². The summed E-state index contributed by atoms with van der Waals surface area (Å²) in [4.78, 5) is 43.1. The van der Waals surface area contributed by atoms with Crippen molar-refractivity contribution in [1.82, 2.24) is 14.9 Å². The van der Waals surface area contributed by atoms with E-state index >= 15 is 0 Å². The van der Waals surface area contributed by atoms with Crippen molar-refractivity contribution in [1.29, 1.82) is 0 Å². The Kier molecular flexibility index (Phi) is 10.7. The summed E-state index contributed by atoms with van der Waals surface area (Å²) in [7, 11) is -2.00. The number of carbonyl (C=O) groups excluding carboxylic acids is 3. The van der Waals surface area contributed by atoms with Crippen molar-refractivity contribution in [2.45, 2.75) is 39.2 Å². The van der Waals surface area contributed by atoms with E-state index in [1.807, 2.05) is 63.2 Å². The van der Waals surface area contributed by atoms with Gasteiger partial charge < -0.3 is 20.3 Å². The van der Waals surface area contributed by atoms with Gasteiger partial charge in [-0.25, -0.2) is 13.2 Å². The Morgan fingerprint density at radius 2 is 1.63 bits per heavy atom. The third-order valence-corrected chi connectivity index (χ3v) is 7.74. The van der Waals surface area contributed by atoms with Gasteiger partial charge in [-0.05, 0) is 76.1 Å². The number of anilines is 3. The van der Waals surface area contributed by atoms with Gasteiger partial charge in [-0.3, -0.25) is 23.9 Å². The highest BCUT2D eigenvalue weighted by atomic mass is 32.2. The highest BCUT2D eigenvalue weighted by Gasteiger charge is 2.26. The van der Waals surface area contributed by atoms with Gasteiger partial charge in [0.2, 0.25) is 15.9 Å². The number of nitrogens with one attached hydrogen (secondary N) is 3. The molecule has 1 fully saturated rings. The van der Waals surface area contributed by atoms with Crippen LogP contribution in [0.25, 0.3) is 10.9 Å². The van der Waals surface area contributed by atoms with E-state index < -0.39 is 15.6 Å². The van der Waals surface area contributed by atoms with Gasteiger partial charge in [0.05, 0.1) is 28.7 Å². The van der Waals surface area contributed by atoms with Crippen molar-refractivity contribution in [2.24, 2.45) is 5.92 Å². The first-order valence-electron chi connectivity index (χ1n) is 14.8. The Morgan fingerprint density at radius 1 is 0.957 bits per heavy atom. The predicted octanol–water partition coefficient (Wildman–Crippen LogP) is 5.09. The van der Waals surface area contributed by atoms with Crippen molar-refractivity contribution in [3.8, 4) is 0 Å². The quantitative estimate of drug-likeness (QED) is 0.262. The lowest BCUT2D eigenvalue weighted by Crippen LogP contribution is -2.38. The topological polar surface area (TPSA) is 152 Å².